The van der Waals surface area contributed by atoms with Gasteiger partial charge in [0, 0.05) is 10.6 Å². The van der Waals surface area contributed by atoms with E-state index in [0.717, 1.165) is 10.5 Å². The molecule has 148 valence electrons. The maximum atomic E-state index is 12.0. The summed E-state index contributed by atoms with van der Waals surface area (Å²) in [5, 5.41) is 2.81. The van der Waals surface area contributed by atoms with E-state index in [1.54, 1.807) is 11.8 Å². The molecule has 0 radical (unpaired) electrons. The fourth-order valence-electron chi connectivity index (χ4n) is 2.65. The highest BCUT2D eigenvalue weighted by Gasteiger charge is 2.17. The average molecular weight is 401 g/mol. The number of carbonyl (C=O) groups excluding carboxylic acids is 2. The Morgan fingerprint density at radius 3 is 2.68 bits per heavy atom. The summed E-state index contributed by atoms with van der Waals surface area (Å²) in [4.78, 5) is 25.0. The minimum Gasteiger partial charge on any atom is -0.456 e. The number of hydrogen-bond donors (Lipinski definition) is 1. The van der Waals surface area contributed by atoms with E-state index in [9.17, 15) is 9.59 Å². The fourth-order valence-corrected chi connectivity index (χ4v) is 3.49. The molecule has 0 aromatic heterocycles. The summed E-state index contributed by atoms with van der Waals surface area (Å²) in [6, 6.07) is 13.4. The van der Waals surface area contributed by atoms with Crippen molar-refractivity contribution in [3.63, 3.8) is 0 Å². The lowest BCUT2D eigenvalue weighted by Crippen LogP contribution is -2.31. The van der Waals surface area contributed by atoms with E-state index in [0.29, 0.717) is 17.3 Å². The molecule has 0 bridgehead atoms. The lowest BCUT2D eigenvalue weighted by molar-refractivity contribution is -0.148. The number of hydrogen-bond acceptors (Lipinski definition) is 6. The van der Waals surface area contributed by atoms with E-state index in [1.807, 2.05) is 56.3 Å². The molecule has 0 fully saturated rings. The quantitative estimate of drug-likeness (QED) is 0.538. The number of aryl methyl sites for hydroxylation is 1. The number of fused-ring (bicyclic) bond motifs is 1. The van der Waals surface area contributed by atoms with Crippen LogP contribution in [0.5, 0.6) is 11.5 Å². The van der Waals surface area contributed by atoms with Crippen LogP contribution in [0.15, 0.2) is 47.4 Å². The molecule has 6 nitrogen and oxygen atoms in total. The molecule has 0 aliphatic carbocycles. The molecule has 0 unspecified atom stereocenters. The molecule has 0 spiro atoms. The standard InChI is InChI=1S/C21H23NO5S/c1-14-3-6-17(7-4-14)28-10-9-21(24)25-12-20(23)22-15(2)16-5-8-18-19(11-16)27-13-26-18/h3-8,11,15H,9-10,12-13H2,1-2H3,(H,22,23)/t15-/m1/s1. The van der Waals surface area contributed by atoms with E-state index >= 15 is 0 Å². The van der Waals surface area contributed by atoms with Gasteiger partial charge in [-0.15, -0.1) is 11.8 Å². The van der Waals surface area contributed by atoms with Gasteiger partial charge in [-0.25, -0.2) is 0 Å². The Balaban J connectivity index is 1.36. The molecule has 7 heteroatoms. The van der Waals surface area contributed by atoms with Crippen molar-refractivity contribution in [2.24, 2.45) is 0 Å². The first-order chi connectivity index (χ1) is 13.5. The van der Waals surface area contributed by atoms with E-state index in [-0.39, 0.29) is 37.7 Å². The third kappa shape index (κ3) is 5.66. The van der Waals surface area contributed by atoms with Crippen LogP contribution in [0, 0.1) is 6.92 Å². The number of amides is 1. The lowest BCUT2D eigenvalue weighted by Gasteiger charge is -2.15. The summed E-state index contributed by atoms with van der Waals surface area (Å²) in [5.41, 5.74) is 2.09. The first-order valence-electron chi connectivity index (χ1n) is 9.05. The highest BCUT2D eigenvalue weighted by atomic mass is 32.2. The summed E-state index contributed by atoms with van der Waals surface area (Å²) in [6.45, 7) is 3.81. The lowest BCUT2D eigenvalue weighted by atomic mass is 10.1. The van der Waals surface area contributed by atoms with E-state index in [4.69, 9.17) is 14.2 Å². The zero-order chi connectivity index (χ0) is 19.9. The monoisotopic (exact) mass is 401 g/mol. The molecular weight excluding hydrogens is 378 g/mol. The number of nitrogens with one attached hydrogen (secondary N) is 1. The van der Waals surface area contributed by atoms with Crippen LogP contribution in [-0.2, 0) is 14.3 Å². The molecule has 1 aliphatic heterocycles. The van der Waals surface area contributed by atoms with E-state index in [2.05, 4.69) is 5.32 Å². The van der Waals surface area contributed by atoms with Gasteiger partial charge in [0.1, 0.15) is 0 Å². The maximum Gasteiger partial charge on any atom is 0.307 e. The highest BCUT2D eigenvalue weighted by molar-refractivity contribution is 7.99. The normalized spacial score (nSPS) is 13.1. The number of benzene rings is 2. The summed E-state index contributed by atoms with van der Waals surface area (Å²) >= 11 is 1.59. The molecule has 1 heterocycles. The third-order valence-electron chi connectivity index (χ3n) is 4.23. The van der Waals surface area contributed by atoms with Gasteiger partial charge in [-0.2, -0.15) is 0 Å². The van der Waals surface area contributed by atoms with E-state index in [1.165, 1.54) is 5.56 Å². The van der Waals surface area contributed by atoms with Crippen LogP contribution in [0.25, 0.3) is 0 Å². The largest absolute Gasteiger partial charge is 0.456 e. The number of thioether (sulfide) groups is 1. The van der Waals surface area contributed by atoms with Gasteiger partial charge in [-0.3, -0.25) is 9.59 Å². The van der Waals surface area contributed by atoms with Crippen molar-refractivity contribution in [2.75, 3.05) is 19.2 Å². The average Bonchev–Trinajstić information content (AvgIpc) is 3.15. The molecule has 0 saturated carbocycles. The smallest absolute Gasteiger partial charge is 0.307 e. The minimum absolute atomic E-state index is 0.206. The fraction of sp³-hybridized carbons (Fsp3) is 0.333. The van der Waals surface area contributed by atoms with Crippen LogP contribution >= 0.6 is 11.8 Å². The van der Waals surface area contributed by atoms with Crippen LogP contribution in [0.1, 0.15) is 30.5 Å². The third-order valence-corrected chi connectivity index (χ3v) is 5.25. The number of ether oxygens (including phenoxy) is 3. The molecule has 28 heavy (non-hydrogen) atoms. The van der Waals surface area contributed by atoms with Crippen LogP contribution in [-0.4, -0.2) is 31.0 Å². The second-order valence-electron chi connectivity index (χ2n) is 6.47. The van der Waals surface area contributed by atoms with Crippen LogP contribution in [0.2, 0.25) is 0 Å². The zero-order valence-corrected chi connectivity index (χ0v) is 16.7. The summed E-state index contributed by atoms with van der Waals surface area (Å²) in [6.07, 6.45) is 0.254. The molecule has 1 amide bonds. The zero-order valence-electron chi connectivity index (χ0n) is 15.9. The SMILES string of the molecule is Cc1ccc(SCCC(=O)OCC(=O)N[C@H](C)c2ccc3c(c2)OCO3)cc1. The Bertz CT molecular complexity index is 837. The van der Waals surface area contributed by atoms with Crippen LogP contribution < -0.4 is 14.8 Å². The number of carbonyl (C=O) groups is 2. The van der Waals surface area contributed by atoms with Crippen molar-refractivity contribution in [1.82, 2.24) is 5.32 Å². The molecular formula is C21H23NO5S. The first-order valence-corrected chi connectivity index (χ1v) is 10.0. The number of rotatable bonds is 8. The predicted octanol–water partition coefficient (Wildman–Crippen LogP) is 3.63. The van der Waals surface area contributed by atoms with Gasteiger partial charge in [-0.05, 0) is 43.7 Å². The van der Waals surface area contributed by atoms with Gasteiger partial charge in [0.25, 0.3) is 5.91 Å². The van der Waals surface area contributed by atoms with Gasteiger partial charge in [0.15, 0.2) is 18.1 Å². The molecule has 0 saturated heterocycles. The van der Waals surface area contributed by atoms with Crippen molar-refractivity contribution in [1.29, 1.82) is 0 Å². The molecule has 1 N–H and O–H groups in total. The Morgan fingerprint density at radius 1 is 1.14 bits per heavy atom. The topological polar surface area (TPSA) is 73.9 Å². The maximum absolute atomic E-state index is 12.0. The molecule has 2 aromatic rings. The van der Waals surface area contributed by atoms with Gasteiger partial charge < -0.3 is 19.5 Å². The summed E-state index contributed by atoms with van der Waals surface area (Å²) in [5.74, 6) is 1.24. The minimum atomic E-state index is -0.384. The Kier molecular flexibility index (Phi) is 6.81. The Morgan fingerprint density at radius 2 is 1.89 bits per heavy atom. The Hall–Kier alpha value is -2.67. The summed E-state index contributed by atoms with van der Waals surface area (Å²) in [7, 11) is 0. The van der Waals surface area contributed by atoms with Crippen molar-refractivity contribution in [2.45, 2.75) is 31.2 Å². The Labute approximate surface area is 168 Å². The van der Waals surface area contributed by atoms with Gasteiger partial charge in [-0.1, -0.05) is 23.8 Å². The number of esters is 1. The molecule has 2 aromatic carbocycles. The van der Waals surface area contributed by atoms with Crippen molar-refractivity contribution in [3.8, 4) is 11.5 Å². The van der Waals surface area contributed by atoms with Gasteiger partial charge in [0.05, 0.1) is 12.5 Å². The molecule has 1 aliphatic rings. The highest BCUT2D eigenvalue weighted by Crippen LogP contribution is 2.34. The molecule has 3 rings (SSSR count). The molecule has 1 atom stereocenters. The van der Waals surface area contributed by atoms with Crippen LogP contribution in [0.3, 0.4) is 0 Å². The van der Waals surface area contributed by atoms with Gasteiger partial charge in [0.2, 0.25) is 6.79 Å². The predicted molar refractivity (Wildman–Crippen MR) is 107 cm³/mol. The van der Waals surface area contributed by atoms with Crippen LogP contribution in [0.4, 0.5) is 0 Å². The van der Waals surface area contributed by atoms with Gasteiger partial charge >= 0.3 is 5.97 Å². The first kappa shape index (κ1) is 20.1. The summed E-state index contributed by atoms with van der Waals surface area (Å²) < 4.78 is 15.7. The van der Waals surface area contributed by atoms with Crippen molar-refractivity contribution < 1.29 is 23.8 Å². The van der Waals surface area contributed by atoms with Crippen molar-refractivity contribution >= 4 is 23.6 Å². The van der Waals surface area contributed by atoms with Crippen molar-refractivity contribution in [3.05, 3.63) is 53.6 Å². The second kappa shape index (κ2) is 9.50. The van der Waals surface area contributed by atoms with E-state index < -0.39 is 0 Å². The second-order valence-corrected chi connectivity index (χ2v) is 7.64.